The number of methoxy groups -OCH3 is 2. The highest BCUT2D eigenvalue weighted by Gasteiger charge is 2.20. The fourth-order valence-electron chi connectivity index (χ4n) is 4.66. The molecular formula is C34H35NO6. The molecule has 4 aromatic rings. The average molecular weight is 554 g/mol. The number of rotatable bonds is 12. The van der Waals surface area contributed by atoms with Gasteiger partial charge in [-0.05, 0) is 79.8 Å². The largest absolute Gasteiger partial charge is 0.496 e. The van der Waals surface area contributed by atoms with Gasteiger partial charge in [0.25, 0.3) is 5.91 Å². The molecular weight excluding hydrogens is 518 g/mol. The van der Waals surface area contributed by atoms with Gasteiger partial charge in [-0.25, -0.2) is 4.79 Å². The first-order chi connectivity index (χ1) is 19.8. The summed E-state index contributed by atoms with van der Waals surface area (Å²) in [4.78, 5) is 27.3. The van der Waals surface area contributed by atoms with E-state index in [1.165, 1.54) is 11.6 Å². The van der Waals surface area contributed by atoms with Crippen LogP contribution in [0.1, 0.15) is 49.4 Å². The van der Waals surface area contributed by atoms with Gasteiger partial charge in [0.2, 0.25) is 0 Å². The van der Waals surface area contributed by atoms with Crippen molar-refractivity contribution in [1.82, 2.24) is 4.90 Å². The highest BCUT2D eigenvalue weighted by molar-refractivity contribution is 5.95. The third kappa shape index (κ3) is 7.45. The molecule has 212 valence electrons. The van der Waals surface area contributed by atoms with Crippen LogP contribution in [0.3, 0.4) is 0 Å². The second kappa shape index (κ2) is 13.5. The monoisotopic (exact) mass is 553 g/mol. The summed E-state index contributed by atoms with van der Waals surface area (Å²) in [6.07, 6.45) is 1.64. The predicted octanol–water partition coefficient (Wildman–Crippen LogP) is 7.09. The Morgan fingerprint density at radius 2 is 1.44 bits per heavy atom. The molecule has 1 amide bonds. The molecule has 0 aliphatic rings. The number of benzene rings is 4. The van der Waals surface area contributed by atoms with Crippen molar-refractivity contribution in [3.8, 4) is 23.0 Å². The number of carbonyl (C=O) groups excluding carboxylic acids is 1. The van der Waals surface area contributed by atoms with E-state index in [4.69, 9.17) is 14.2 Å². The molecule has 0 aromatic heterocycles. The van der Waals surface area contributed by atoms with Crippen LogP contribution in [0.5, 0.6) is 23.0 Å². The van der Waals surface area contributed by atoms with E-state index in [-0.39, 0.29) is 17.2 Å². The van der Waals surface area contributed by atoms with Gasteiger partial charge in [0.05, 0.1) is 14.2 Å². The van der Waals surface area contributed by atoms with E-state index < -0.39 is 5.97 Å². The lowest BCUT2D eigenvalue weighted by Gasteiger charge is -2.24. The number of ether oxygens (including phenoxy) is 3. The summed E-state index contributed by atoms with van der Waals surface area (Å²) in [6.45, 7) is 4.71. The molecule has 0 bridgehead atoms. The number of hydrogen-bond acceptors (Lipinski definition) is 5. The van der Waals surface area contributed by atoms with Crippen LogP contribution in [0.15, 0.2) is 84.9 Å². The van der Waals surface area contributed by atoms with Crippen molar-refractivity contribution >= 4 is 11.9 Å². The normalized spacial score (nSPS) is 10.6. The van der Waals surface area contributed by atoms with Crippen molar-refractivity contribution in [2.45, 2.75) is 33.2 Å². The summed E-state index contributed by atoms with van der Waals surface area (Å²) < 4.78 is 16.9. The third-order valence-electron chi connectivity index (χ3n) is 6.91. The van der Waals surface area contributed by atoms with Gasteiger partial charge in [-0.1, -0.05) is 48.5 Å². The smallest absolute Gasteiger partial charge is 0.339 e. The van der Waals surface area contributed by atoms with Gasteiger partial charge in [0, 0.05) is 24.2 Å². The standard InChI is InChI=1S/C34H35NO6/c1-23-12-17-29(34(37)38)32(19-23)41-28-15-13-26(14-16-28)22-35(18-8-11-25-9-6-5-7-10-25)33(36)27-20-30(39-3)24(2)31(21-27)40-4/h5-7,9-10,12-17,19-21H,8,11,18,22H2,1-4H3,(H,37,38). The second-order valence-electron chi connectivity index (χ2n) is 9.87. The summed E-state index contributed by atoms with van der Waals surface area (Å²) in [5, 5.41) is 9.52. The number of aromatic carboxylic acids is 1. The number of amides is 1. The van der Waals surface area contributed by atoms with Gasteiger partial charge in [0.15, 0.2) is 0 Å². The number of carbonyl (C=O) groups is 2. The number of nitrogens with zero attached hydrogens (tertiary/aromatic N) is 1. The van der Waals surface area contributed by atoms with Crippen molar-refractivity contribution < 1.29 is 28.9 Å². The van der Waals surface area contributed by atoms with Crippen LogP contribution in [-0.4, -0.2) is 42.6 Å². The summed E-state index contributed by atoms with van der Waals surface area (Å²) in [7, 11) is 3.15. The van der Waals surface area contributed by atoms with Gasteiger partial charge in [-0.2, -0.15) is 0 Å². The Morgan fingerprint density at radius 3 is 2.05 bits per heavy atom. The summed E-state index contributed by atoms with van der Waals surface area (Å²) >= 11 is 0. The SMILES string of the molecule is COc1cc(C(=O)N(CCCc2ccccc2)Cc2ccc(Oc3cc(C)ccc3C(=O)O)cc2)cc(OC)c1C. The van der Waals surface area contributed by atoms with Crippen LogP contribution in [0.4, 0.5) is 0 Å². The van der Waals surface area contributed by atoms with Gasteiger partial charge in [-0.15, -0.1) is 0 Å². The molecule has 0 aliphatic carbocycles. The maximum absolute atomic E-state index is 13.8. The molecule has 7 nitrogen and oxygen atoms in total. The Balaban J connectivity index is 1.55. The lowest BCUT2D eigenvalue weighted by Crippen LogP contribution is -2.32. The van der Waals surface area contributed by atoms with E-state index in [9.17, 15) is 14.7 Å². The third-order valence-corrected chi connectivity index (χ3v) is 6.91. The Bertz CT molecular complexity index is 1470. The molecule has 0 unspecified atom stereocenters. The molecule has 0 saturated carbocycles. The first-order valence-electron chi connectivity index (χ1n) is 13.5. The zero-order chi connectivity index (χ0) is 29.4. The molecule has 4 rings (SSSR count). The first-order valence-corrected chi connectivity index (χ1v) is 13.5. The van der Waals surface area contributed by atoms with Crippen molar-refractivity contribution in [1.29, 1.82) is 0 Å². The van der Waals surface area contributed by atoms with E-state index in [1.807, 2.05) is 49.1 Å². The fourth-order valence-corrected chi connectivity index (χ4v) is 4.66. The van der Waals surface area contributed by atoms with E-state index in [0.717, 1.165) is 29.5 Å². The molecule has 0 saturated heterocycles. The Hall–Kier alpha value is -4.78. The van der Waals surface area contributed by atoms with Gasteiger partial charge in [-0.3, -0.25) is 4.79 Å². The predicted molar refractivity (Wildman–Crippen MR) is 158 cm³/mol. The van der Waals surface area contributed by atoms with Crippen LogP contribution >= 0.6 is 0 Å². The number of carboxylic acid groups (broad SMARTS) is 1. The van der Waals surface area contributed by atoms with Crippen molar-refractivity contribution in [2.75, 3.05) is 20.8 Å². The minimum Gasteiger partial charge on any atom is -0.496 e. The molecule has 0 spiro atoms. The average Bonchev–Trinajstić information content (AvgIpc) is 2.97. The van der Waals surface area contributed by atoms with Crippen LogP contribution in [0.2, 0.25) is 0 Å². The molecule has 7 heteroatoms. The first kappa shape index (κ1) is 29.2. The van der Waals surface area contributed by atoms with Gasteiger partial charge in [0.1, 0.15) is 28.6 Å². The molecule has 0 fully saturated rings. The van der Waals surface area contributed by atoms with Crippen molar-refractivity contribution in [2.24, 2.45) is 0 Å². The highest BCUT2D eigenvalue weighted by atomic mass is 16.5. The van der Waals surface area contributed by atoms with Gasteiger partial charge < -0.3 is 24.2 Å². The second-order valence-corrected chi connectivity index (χ2v) is 9.87. The number of aryl methyl sites for hydroxylation is 2. The summed E-state index contributed by atoms with van der Waals surface area (Å²) in [5.74, 6) is 0.805. The zero-order valence-corrected chi connectivity index (χ0v) is 23.8. The van der Waals surface area contributed by atoms with Crippen molar-refractivity contribution in [3.63, 3.8) is 0 Å². The highest BCUT2D eigenvalue weighted by Crippen LogP contribution is 2.31. The Kier molecular flexibility index (Phi) is 9.64. The molecule has 0 radical (unpaired) electrons. The van der Waals surface area contributed by atoms with E-state index >= 15 is 0 Å². The van der Waals surface area contributed by atoms with Crippen LogP contribution in [0.25, 0.3) is 0 Å². The minimum atomic E-state index is -1.05. The molecule has 0 atom stereocenters. The Morgan fingerprint density at radius 1 is 0.780 bits per heavy atom. The van der Waals surface area contributed by atoms with Gasteiger partial charge >= 0.3 is 5.97 Å². The topological polar surface area (TPSA) is 85.3 Å². The lowest BCUT2D eigenvalue weighted by atomic mass is 10.1. The van der Waals surface area contributed by atoms with Crippen LogP contribution < -0.4 is 14.2 Å². The molecule has 1 N–H and O–H groups in total. The number of hydrogen-bond donors (Lipinski definition) is 1. The number of carboxylic acids is 1. The minimum absolute atomic E-state index is 0.0961. The molecule has 0 heterocycles. The lowest BCUT2D eigenvalue weighted by molar-refractivity contribution is 0.0692. The maximum atomic E-state index is 13.8. The zero-order valence-electron chi connectivity index (χ0n) is 23.8. The van der Waals surface area contributed by atoms with E-state index in [2.05, 4.69) is 12.1 Å². The molecule has 4 aromatic carbocycles. The summed E-state index contributed by atoms with van der Waals surface area (Å²) in [5.41, 5.74) is 4.45. The molecule has 0 aliphatic heterocycles. The maximum Gasteiger partial charge on any atom is 0.339 e. The van der Waals surface area contributed by atoms with Crippen molar-refractivity contribution in [3.05, 3.63) is 118 Å². The van der Waals surface area contributed by atoms with Crippen LogP contribution in [0, 0.1) is 13.8 Å². The fraction of sp³-hybridized carbons (Fsp3) is 0.235. The van der Waals surface area contributed by atoms with E-state index in [1.54, 1.807) is 50.6 Å². The Labute approximate surface area is 240 Å². The quantitative estimate of drug-likeness (QED) is 0.202. The summed E-state index contributed by atoms with van der Waals surface area (Å²) in [6, 6.07) is 26.0. The van der Waals surface area contributed by atoms with E-state index in [0.29, 0.717) is 35.9 Å². The van der Waals surface area contributed by atoms with Crippen LogP contribution in [-0.2, 0) is 13.0 Å². The molecule has 41 heavy (non-hydrogen) atoms.